The molecule has 3 nitrogen and oxygen atoms in total. The van der Waals surface area contributed by atoms with Crippen LogP contribution in [-0.4, -0.2) is 38.1 Å². The van der Waals surface area contributed by atoms with Gasteiger partial charge in [-0.05, 0) is 19.1 Å². The predicted molar refractivity (Wildman–Crippen MR) is 64.1 cm³/mol. The first-order chi connectivity index (χ1) is 7.67. The van der Waals surface area contributed by atoms with E-state index < -0.39 is 0 Å². The lowest BCUT2D eigenvalue weighted by atomic mass is 9.96. The first-order valence-corrected chi connectivity index (χ1v) is 5.48. The molecule has 1 atom stereocenters. The fraction of sp³-hybridized carbons (Fsp3) is 0.462. The molecule has 0 saturated carbocycles. The molecule has 0 radical (unpaired) electrons. The lowest BCUT2D eigenvalue weighted by Crippen LogP contribution is -2.28. The molecule has 16 heavy (non-hydrogen) atoms. The molecule has 86 valence electrons. The largest absolute Gasteiger partial charge is 0.493 e. The Hall–Kier alpha value is -1.51. The summed E-state index contributed by atoms with van der Waals surface area (Å²) in [6, 6.07) is 4.53. The van der Waals surface area contributed by atoms with Gasteiger partial charge in [0, 0.05) is 17.5 Å². The Morgan fingerprint density at radius 3 is 2.62 bits per heavy atom. The van der Waals surface area contributed by atoms with E-state index in [4.69, 9.17) is 9.47 Å². The van der Waals surface area contributed by atoms with E-state index in [1.165, 1.54) is 11.1 Å². The second kappa shape index (κ2) is 4.16. The van der Waals surface area contributed by atoms with Gasteiger partial charge in [-0.25, -0.2) is 4.58 Å². The van der Waals surface area contributed by atoms with Gasteiger partial charge in [0.15, 0.2) is 23.8 Å². The van der Waals surface area contributed by atoms with Crippen LogP contribution >= 0.6 is 0 Å². The smallest absolute Gasteiger partial charge is 0.171 e. The lowest BCUT2D eigenvalue weighted by molar-refractivity contribution is -0.530. The van der Waals surface area contributed by atoms with Crippen molar-refractivity contribution in [3.05, 3.63) is 23.3 Å². The molecule has 1 heterocycles. The summed E-state index contributed by atoms with van der Waals surface area (Å²) in [4.78, 5) is 0. The fourth-order valence-corrected chi connectivity index (χ4v) is 2.12. The SMILES string of the molecule is COc1ccc2c(c1OC)CC(C)[N+](C)=C2. The Morgan fingerprint density at radius 1 is 1.25 bits per heavy atom. The fourth-order valence-electron chi connectivity index (χ4n) is 2.12. The van der Waals surface area contributed by atoms with Gasteiger partial charge in [0.2, 0.25) is 0 Å². The van der Waals surface area contributed by atoms with Crippen molar-refractivity contribution < 1.29 is 14.0 Å². The number of ether oxygens (including phenoxy) is 2. The molecule has 1 unspecified atom stereocenters. The average molecular weight is 220 g/mol. The van der Waals surface area contributed by atoms with Crippen molar-refractivity contribution in [3.8, 4) is 11.5 Å². The van der Waals surface area contributed by atoms with E-state index >= 15 is 0 Å². The molecular weight excluding hydrogens is 202 g/mol. The highest BCUT2D eigenvalue weighted by Gasteiger charge is 2.25. The number of hydrogen-bond acceptors (Lipinski definition) is 2. The number of rotatable bonds is 2. The van der Waals surface area contributed by atoms with E-state index in [0.29, 0.717) is 6.04 Å². The zero-order valence-corrected chi connectivity index (χ0v) is 10.3. The Balaban J connectivity index is 2.57. The van der Waals surface area contributed by atoms with Crippen LogP contribution in [0.1, 0.15) is 18.1 Å². The first-order valence-electron chi connectivity index (χ1n) is 5.48. The van der Waals surface area contributed by atoms with Gasteiger partial charge in [0.1, 0.15) is 7.05 Å². The van der Waals surface area contributed by atoms with Gasteiger partial charge in [-0.2, -0.15) is 0 Å². The summed E-state index contributed by atoms with van der Waals surface area (Å²) in [5, 5.41) is 0. The average Bonchev–Trinajstić information content (AvgIpc) is 2.29. The quantitative estimate of drug-likeness (QED) is 0.708. The van der Waals surface area contributed by atoms with Crippen LogP contribution in [-0.2, 0) is 6.42 Å². The van der Waals surface area contributed by atoms with Crippen LogP contribution in [0.3, 0.4) is 0 Å². The molecular formula is C13H18NO2+. The molecule has 0 fully saturated rings. The van der Waals surface area contributed by atoms with Crippen LogP contribution in [0.2, 0.25) is 0 Å². The summed E-state index contributed by atoms with van der Waals surface area (Å²) >= 11 is 0. The Morgan fingerprint density at radius 2 is 2.00 bits per heavy atom. The summed E-state index contributed by atoms with van der Waals surface area (Å²) in [6.45, 7) is 2.21. The molecule has 2 rings (SSSR count). The van der Waals surface area contributed by atoms with Crippen molar-refractivity contribution in [1.29, 1.82) is 0 Å². The minimum Gasteiger partial charge on any atom is -0.493 e. The van der Waals surface area contributed by atoms with Crippen LogP contribution in [0.4, 0.5) is 0 Å². The minimum atomic E-state index is 0.494. The summed E-state index contributed by atoms with van der Waals surface area (Å²) < 4.78 is 13.0. The van der Waals surface area contributed by atoms with Crippen LogP contribution in [0.15, 0.2) is 12.1 Å². The number of methoxy groups -OCH3 is 2. The maximum atomic E-state index is 5.45. The molecule has 1 aromatic rings. The van der Waals surface area contributed by atoms with Gasteiger partial charge < -0.3 is 9.47 Å². The third kappa shape index (κ3) is 1.66. The van der Waals surface area contributed by atoms with E-state index in [-0.39, 0.29) is 0 Å². The third-order valence-electron chi connectivity index (χ3n) is 3.22. The second-order valence-electron chi connectivity index (χ2n) is 4.22. The van der Waals surface area contributed by atoms with Crippen LogP contribution < -0.4 is 9.47 Å². The van der Waals surface area contributed by atoms with Gasteiger partial charge in [0.05, 0.1) is 14.2 Å². The zero-order valence-electron chi connectivity index (χ0n) is 10.3. The molecule has 0 bridgehead atoms. The van der Waals surface area contributed by atoms with E-state index in [1.54, 1.807) is 14.2 Å². The summed E-state index contributed by atoms with van der Waals surface area (Å²) in [6.07, 6.45) is 3.15. The second-order valence-corrected chi connectivity index (χ2v) is 4.22. The molecule has 0 amide bonds. The minimum absolute atomic E-state index is 0.494. The number of fused-ring (bicyclic) bond motifs is 1. The Kier molecular flexibility index (Phi) is 2.86. The predicted octanol–water partition coefficient (Wildman–Crippen LogP) is 1.71. The van der Waals surface area contributed by atoms with E-state index in [9.17, 15) is 0 Å². The van der Waals surface area contributed by atoms with Crippen molar-refractivity contribution in [1.82, 2.24) is 0 Å². The van der Waals surface area contributed by atoms with E-state index in [2.05, 4.69) is 30.8 Å². The van der Waals surface area contributed by atoms with Crippen LogP contribution in [0.5, 0.6) is 11.5 Å². The lowest BCUT2D eigenvalue weighted by Gasteiger charge is -2.20. The maximum absolute atomic E-state index is 5.45. The van der Waals surface area contributed by atoms with Crippen molar-refractivity contribution >= 4 is 6.21 Å². The third-order valence-corrected chi connectivity index (χ3v) is 3.22. The van der Waals surface area contributed by atoms with Crippen molar-refractivity contribution in [2.75, 3.05) is 21.3 Å². The van der Waals surface area contributed by atoms with Gasteiger partial charge in [-0.1, -0.05) is 0 Å². The molecule has 1 aliphatic heterocycles. The summed E-state index contributed by atoms with van der Waals surface area (Å²) in [5.74, 6) is 1.68. The monoisotopic (exact) mass is 220 g/mol. The summed E-state index contributed by atoms with van der Waals surface area (Å²) in [7, 11) is 5.47. The van der Waals surface area contributed by atoms with Crippen molar-refractivity contribution in [2.24, 2.45) is 0 Å². The molecule has 0 saturated heterocycles. The van der Waals surface area contributed by atoms with Crippen molar-refractivity contribution in [3.63, 3.8) is 0 Å². The van der Waals surface area contributed by atoms with Gasteiger partial charge in [-0.15, -0.1) is 0 Å². The summed E-state index contributed by atoms with van der Waals surface area (Å²) in [5.41, 5.74) is 2.46. The first kappa shape index (κ1) is 11.0. The van der Waals surface area contributed by atoms with E-state index in [1.807, 2.05) is 6.07 Å². The molecule has 0 spiro atoms. The highest BCUT2D eigenvalue weighted by Crippen LogP contribution is 2.35. The number of nitrogens with zero attached hydrogens (tertiary/aromatic N) is 1. The van der Waals surface area contributed by atoms with E-state index in [0.717, 1.165) is 17.9 Å². The molecule has 1 aromatic carbocycles. The number of hydrogen-bond donors (Lipinski definition) is 0. The molecule has 0 aromatic heterocycles. The topological polar surface area (TPSA) is 21.5 Å². The molecule has 1 aliphatic rings. The normalized spacial score (nSPS) is 18.8. The highest BCUT2D eigenvalue weighted by atomic mass is 16.5. The molecule has 3 heteroatoms. The maximum Gasteiger partial charge on any atom is 0.171 e. The van der Waals surface area contributed by atoms with Gasteiger partial charge in [0.25, 0.3) is 0 Å². The van der Waals surface area contributed by atoms with Crippen LogP contribution in [0, 0.1) is 0 Å². The Bertz CT molecular complexity index is 438. The zero-order chi connectivity index (χ0) is 11.7. The Labute approximate surface area is 96.3 Å². The molecule has 0 aliphatic carbocycles. The van der Waals surface area contributed by atoms with Crippen LogP contribution in [0.25, 0.3) is 0 Å². The standard InChI is InChI=1S/C13H18NO2/c1-9-7-11-10(8-14(9)2)5-6-12(15-3)13(11)16-4/h5-6,8-9H,7H2,1-4H3/q+1. The number of benzene rings is 1. The number of likely N-dealkylation sites (N-methyl/N-ethyl adjacent to an activating group) is 1. The van der Waals surface area contributed by atoms with Crippen molar-refractivity contribution in [2.45, 2.75) is 19.4 Å². The highest BCUT2D eigenvalue weighted by molar-refractivity contribution is 5.81. The van der Waals surface area contributed by atoms with Gasteiger partial charge in [-0.3, -0.25) is 0 Å². The molecule has 0 N–H and O–H groups in total. The van der Waals surface area contributed by atoms with Gasteiger partial charge >= 0.3 is 0 Å².